The Morgan fingerprint density at radius 3 is 2.50 bits per heavy atom. The third-order valence-electron chi connectivity index (χ3n) is 7.04. The molecule has 0 saturated carbocycles. The van der Waals surface area contributed by atoms with Gasteiger partial charge in [-0.15, -0.1) is 0 Å². The van der Waals surface area contributed by atoms with Crippen LogP contribution in [-0.4, -0.2) is 38.0 Å². The number of nitrogens with one attached hydrogen (secondary N) is 1. The van der Waals surface area contributed by atoms with E-state index in [1.807, 2.05) is 19.2 Å². The second-order valence-electron chi connectivity index (χ2n) is 9.32. The van der Waals surface area contributed by atoms with Gasteiger partial charge < -0.3 is 9.88 Å². The van der Waals surface area contributed by atoms with E-state index in [0.29, 0.717) is 5.92 Å². The number of H-pyrrole nitrogens is 1. The number of piperidine rings is 1. The molecule has 3 aromatic heterocycles. The average molecular weight is 449 g/mol. The summed E-state index contributed by atoms with van der Waals surface area (Å²) in [4.78, 5) is 24.7. The predicted molar refractivity (Wildman–Crippen MR) is 136 cm³/mol. The summed E-state index contributed by atoms with van der Waals surface area (Å²) in [6, 6.07) is 14.6. The molecule has 34 heavy (non-hydrogen) atoms. The van der Waals surface area contributed by atoms with Crippen molar-refractivity contribution in [2.45, 2.75) is 39.0 Å². The number of pyridine rings is 1. The molecule has 6 rings (SSSR count). The molecule has 0 unspecified atom stereocenters. The molecule has 4 heterocycles. The first-order valence-electron chi connectivity index (χ1n) is 12.0. The maximum atomic E-state index is 4.99. The lowest BCUT2D eigenvalue weighted by molar-refractivity contribution is 0.486. The lowest BCUT2D eigenvalue weighted by Gasteiger charge is -2.32. The van der Waals surface area contributed by atoms with E-state index in [1.165, 1.54) is 11.1 Å². The number of hydrogen-bond donors (Lipinski definition) is 1. The average Bonchev–Trinajstić information content (AvgIpc) is 3.49. The zero-order chi connectivity index (χ0) is 23.1. The van der Waals surface area contributed by atoms with Gasteiger partial charge in [0.1, 0.15) is 18.0 Å². The highest BCUT2D eigenvalue weighted by Gasteiger charge is 2.28. The summed E-state index contributed by atoms with van der Waals surface area (Å²) in [5.74, 6) is 2.60. The maximum Gasteiger partial charge on any atom is 0.139 e. The SMILES string of the molecule is Cc1ccc(C2=Cc3c(ncnc3N3CCC(c4nc(-c5ccccc5)c(C)[nH]4)CC3)C2)cn1. The molecule has 1 saturated heterocycles. The number of allylic oxidation sites excluding steroid dienone is 1. The largest absolute Gasteiger partial charge is 0.356 e. The monoisotopic (exact) mass is 448 g/mol. The molecule has 0 atom stereocenters. The normalized spacial score (nSPS) is 15.9. The van der Waals surface area contributed by atoms with Crippen molar-refractivity contribution in [2.24, 2.45) is 0 Å². The molecule has 1 aliphatic carbocycles. The summed E-state index contributed by atoms with van der Waals surface area (Å²) in [5.41, 5.74) is 9.10. The molecule has 6 nitrogen and oxygen atoms in total. The van der Waals surface area contributed by atoms with Gasteiger partial charge in [0, 0.05) is 54.1 Å². The highest BCUT2D eigenvalue weighted by molar-refractivity contribution is 5.90. The van der Waals surface area contributed by atoms with E-state index in [-0.39, 0.29) is 0 Å². The van der Waals surface area contributed by atoms with Gasteiger partial charge in [0.2, 0.25) is 0 Å². The third kappa shape index (κ3) is 3.79. The smallest absolute Gasteiger partial charge is 0.139 e. The Bertz CT molecular complexity index is 1350. The predicted octanol–water partition coefficient (Wildman–Crippen LogP) is 5.36. The Morgan fingerprint density at radius 2 is 1.74 bits per heavy atom. The number of rotatable bonds is 4. The maximum absolute atomic E-state index is 4.99. The van der Waals surface area contributed by atoms with Gasteiger partial charge in [0.05, 0.1) is 11.4 Å². The van der Waals surface area contributed by atoms with E-state index in [0.717, 1.165) is 77.9 Å². The van der Waals surface area contributed by atoms with Crippen molar-refractivity contribution in [2.75, 3.05) is 18.0 Å². The van der Waals surface area contributed by atoms with Crippen LogP contribution in [0, 0.1) is 13.8 Å². The molecule has 1 fully saturated rings. The minimum absolute atomic E-state index is 0.437. The van der Waals surface area contributed by atoms with E-state index >= 15 is 0 Å². The standard InChI is InChI=1S/C28H28N6/c1-18-8-9-22(16-29-18)23-14-24-25(15-23)30-17-31-28(24)34-12-10-21(11-13-34)27-32-19(2)26(33-27)20-6-4-3-5-7-20/h3-9,14,16-17,21H,10-13,15H2,1-2H3,(H,32,33). The number of nitrogens with zero attached hydrogens (tertiary/aromatic N) is 5. The van der Waals surface area contributed by atoms with Gasteiger partial charge in [-0.05, 0) is 50.0 Å². The topological polar surface area (TPSA) is 70.6 Å². The number of aromatic nitrogens is 5. The number of aromatic amines is 1. The molecule has 0 radical (unpaired) electrons. The lowest BCUT2D eigenvalue weighted by atomic mass is 9.96. The van der Waals surface area contributed by atoms with Gasteiger partial charge in [-0.3, -0.25) is 4.98 Å². The first-order valence-corrected chi connectivity index (χ1v) is 12.0. The van der Waals surface area contributed by atoms with Crippen LogP contribution >= 0.6 is 0 Å². The van der Waals surface area contributed by atoms with Crippen LogP contribution in [0.4, 0.5) is 5.82 Å². The molecule has 1 N–H and O–H groups in total. The van der Waals surface area contributed by atoms with Crippen molar-refractivity contribution in [3.63, 3.8) is 0 Å². The number of fused-ring (bicyclic) bond motifs is 1. The van der Waals surface area contributed by atoms with Crippen molar-refractivity contribution < 1.29 is 0 Å². The van der Waals surface area contributed by atoms with Crippen LogP contribution in [0.2, 0.25) is 0 Å². The van der Waals surface area contributed by atoms with Gasteiger partial charge in [0.15, 0.2) is 0 Å². The number of aryl methyl sites for hydroxylation is 2. The van der Waals surface area contributed by atoms with E-state index in [2.05, 4.69) is 69.2 Å². The summed E-state index contributed by atoms with van der Waals surface area (Å²) >= 11 is 0. The van der Waals surface area contributed by atoms with Crippen LogP contribution in [0.15, 0.2) is 55.0 Å². The summed E-state index contributed by atoms with van der Waals surface area (Å²) in [6.45, 7) is 6.06. The van der Waals surface area contributed by atoms with E-state index < -0.39 is 0 Å². The fourth-order valence-corrected chi connectivity index (χ4v) is 5.13. The van der Waals surface area contributed by atoms with Gasteiger partial charge in [0.25, 0.3) is 0 Å². The molecule has 6 heteroatoms. The fourth-order valence-electron chi connectivity index (χ4n) is 5.13. The van der Waals surface area contributed by atoms with Crippen LogP contribution in [-0.2, 0) is 6.42 Å². The van der Waals surface area contributed by atoms with Gasteiger partial charge in [-0.25, -0.2) is 15.0 Å². The van der Waals surface area contributed by atoms with Crippen molar-refractivity contribution in [3.8, 4) is 11.3 Å². The van der Waals surface area contributed by atoms with Crippen molar-refractivity contribution in [1.82, 2.24) is 24.9 Å². The third-order valence-corrected chi connectivity index (χ3v) is 7.04. The Kier molecular flexibility index (Phi) is 5.21. The molecular weight excluding hydrogens is 420 g/mol. The summed E-state index contributed by atoms with van der Waals surface area (Å²) in [7, 11) is 0. The highest BCUT2D eigenvalue weighted by atomic mass is 15.2. The van der Waals surface area contributed by atoms with Crippen molar-refractivity contribution in [3.05, 3.63) is 89.0 Å². The molecule has 2 aliphatic rings. The first kappa shape index (κ1) is 20.8. The minimum Gasteiger partial charge on any atom is -0.356 e. The number of benzene rings is 1. The minimum atomic E-state index is 0.437. The van der Waals surface area contributed by atoms with Crippen LogP contribution in [0.25, 0.3) is 22.9 Å². The summed E-state index contributed by atoms with van der Waals surface area (Å²) < 4.78 is 0. The summed E-state index contributed by atoms with van der Waals surface area (Å²) in [6.07, 6.45) is 8.87. The molecule has 1 aliphatic heterocycles. The second-order valence-corrected chi connectivity index (χ2v) is 9.32. The highest BCUT2D eigenvalue weighted by Crippen LogP contribution is 2.37. The Morgan fingerprint density at radius 1 is 0.912 bits per heavy atom. The van der Waals surface area contributed by atoms with Crippen LogP contribution < -0.4 is 4.90 Å². The van der Waals surface area contributed by atoms with Crippen LogP contribution in [0.5, 0.6) is 0 Å². The molecule has 0 bridgehead atoms. The summed E-state index contributed by atoms with van der Waals surface area (Å²) in [5, 5.41) is 0. The molecule has 0 amide bonds. The number of hydrogen-bond acceptors (Lipinski definition) is 5. The fraction of sp³-hybridized carbons (Fsp3) is 0.286. The van der Waals surface area contributed by atoms with Crippen molar-refractivity contribution >= 4 is 17.5 Å². The van der Waals surface area contributed by atoms with Crippen LogP contribution in [0.1, 0.15) is 52.8 Å². The zero-order valence-electron chi connectivity index (χ0n) is 19.6. The molecule has 1 aromatic carbocycles. The Balaban J connectivity index is 1.20. The van der Waals surface area contributed by atoms with Gasteiger partial charge in [-0.1, -0.05) is 36.4 Å². The van der Waals surface area contributed by atoms with Gasteiger partial charge in [-0.2, -0.15) is 0 Å². The van der Waals surface area contributed by atoms with E-state index in [9.17, 15) is 0 Å². The van der Waals surface area contributed by atoms with Crippen molar-refractivity contribution in [1.29, 1.82) is 0 Å². The quantitative estimate of drug-likeness (QED) is 0.455. The number of anilines is 1. The first-order chi connectivity index (χ1) is 16.7. The lowest BCUT2D eigenvalue weighted by Crippen LogP contribution is -2.34. The van der Waals surface area contributed by atoms with E-state index in [1.54, 1.807) is 6.33 Å². The zero-order valence-corrected chi connectivity index (χ0v) is 19.6. The van der Waals surface area contributed by atoms with Gasteiger partial charge >= 0.3 is 0 Å². The van der Waals surface area contributed by atoms with Crippen LogP contribution in [0.3, 0.4) is 0 Å². The second kappa shape index (κ2) is 8.52. The number of imidazole rings is 1. The van der Waals surface area contributed by atoms with E-state index in [4.69, 9.17) is 9.97 Å². The molecule has 4 aromatic rings. The Hall–Kier alpha value is -3.80. The Labute approximate surface area is 199 Å². The molecule has 170 valence electrons. The molecule has 0 spiro atoms. The molecular formula is C28H28N6.